The zero-order valence-corrected chi connectivity index (χ0v) is 10.7. The van der Waals surface area contributed by atoms with Gasteiger partial charge in [0.05, 0.1) is 4.92 Å². The molecular formula is C13H20N2O2. The number of nitrogen functional groups attached to an aromatic ring is 1. The Labute approximate surface area is 102 Å². The highest BCUT2D eigenvalue weighted by Gasteiger charge is 2.27. The van der Waals surface area contributed by atoms with Crippen LogP contribution >= 0.6 is 0 Å². The number of rotatable bonds is 2. The molecule has 0 spiro atoms. The van der Waals surface area contributed by atoms with Crippen molar-refractivity contribution in [1.82, 2.24) is 0 Å². The molecular weight excluding hydrogens is 216 g/mol. The van der Waals surface area contributed by atoms with E-state index in [0.29, 0.717) is 11.6 Å². The van der Waals surface area contributed by atoms with E-state index in [-0.39, 0.29) is 10.6 Å². The van der Waals surface area contributed by atoms with E-state index in [1.165, 1.54) is 0 Å². The molecule has 0 heterocycles. The fraction of sp³-hybridized carbons (Fsp3) is 0.538. The summed E-state index contributed by atoms with van der Waals surface area (Å²) in [5.74, 6) is 0.341. The van der Waals surface area contributed by atoms with Crippen molar-refractivity contribution in [3.8, 4) is 0 Å². The zero-order valence-electron chi connectivity index (χ0n) is 10.7. The number of nitro benzene ring substituents is 1. The molecule has 1 saturated carbocycles. The quantitative estimate of drug-likeness (QED) is 0.482. The lowest BCUT2D eigenvalue weighted by Gasteiger charge is -2.25. The summed E-state index contributed by atoms with van der Waals surface area (Å²) in [7, 11) is 0. The monoisotopic (exact) mass is 236 g/mol. The van der Waals surface area contributed by atoms with Gasteiger partial charge in [-0.15, -0.1) is 0 Å². The summed E-state index contributed by atoms with van der Waals surface area (Å²) in [4.78, 5) is 10.6. The molecule has 0 aliphatic heterocycles. The minimum Gasteiger partial charge on any atom is -0.398 e. The van der Waals surface area contributed by atoms with Crippen LogP contribution in [-0.2, 0) is 0 Å². The van der Waals surface area contributed by atoms with Crippen molar-refractivity contribution in [3.63, 3.8) is 0 Å². The molecule has 1 aliphatic carbocycles. The van der Waals surface area contributed by atoms with Gasteiger partial charge >= 0.3 is 0 Å². The lowest BCUT2D eigenvalue weighted by atomic mass is 9.79. The molecule has 0 amide bonds. The Kier molecular flexibility index (Phi) is 4.49. The molecule has 0 saturated heterocycles. The van der Waals surface area contributed by atoms with E-state index in [2.05, 4.69) is 0 Å². The Bertz CT molecular complexity index is 412. The number of hydrogen-bond acceptors (Lipinski definition) is 3. The standard InChI is InChI=1S/C11H14N2O2.C2H6/c1-7-5-11(13(14)15)9(6-10(7)12)8-3-2-4-8;1-2/h5-6,8H,2-4,12H2,1H3;1-2H3. The van der Waals surface area contributed by atoms with Crippen molar-refractivity contribution in [2.75, 3.05) is 5.73 Å². The van der Waals surface area contributed by atoms with Crippen molar-refractivity contribution in [3.05, 3.63) is 33.4 Å². The van der Waals surface area contributed by atoms with Crippen LogP contribution in [0.1, 0.15) is 50.2 Å². The van der Waals surface area contributed by atoms with Gasteiger partial charge in [-0.2, -0.15) is 0 Å². The highest BCUT2D eigenvalue weighted by Crippen LogP contribution is 2.42. The molecule has 0 atom stereocenters. The first-order chi connectivity index (χ1) is 8.09. The number of nitrogens with zero attached hydrogens (tertiary/aromatic N) is 1. The average molecular weight is 236 g/mol. The van der Waals surface area contributed by atoms with Gasteiger partial charge in [0.15, 0.2) is 0 Å². The smallest absolute Gasteiger partial charge is 0.273 e. The maximum Gasteiger partial charge on any atom is 0.273 e. The minimum absolute atomic E-state index is 0.228. The van der Waals surface area contributed by atoms with Gasteiger partial charge in [-0.1, -0.05) is 20.3 Å². The van der Waals surface area contributed by atoms with Crippen molar-refractivity contribution >= 4 is 11.4 Å². The van der Waals surface area contributed by atoms with Gasteiger partial charge in [-0.05, 0) is 37.3 Å². The number of nitrogens with two attached hydrogens (primary N) is 1. The minimum atomic E-state index is -0.305. The summed E-state index contributed by atoms with van der Waals surface area (Å²) in [5, 5.41) is 10.9. The van der Waals surface area contributed by atoms with Gasteiger partial charge < -0.3 is 5.73 Å². The maximum atomic E-state index is 10.9. The van der Waals surface area contributed by atoms with Crippen molar-refractivity contribution < 1.29 is 4.92 Å². The molecule has 0 radical (unpaired) electrons. The second kappa shape index (κ2) is 5.66. The number of nitro groups is 1. The summed E-state index contributed by atoms with van der Waals surface area (Å²) in [6.07, 6.45) is 3.25. The normalized spacial score (nSPS) is 14.5. The predicted octanol–water partition coefficient (Wildman–Crippen LogP) is 3.78. The Balaban J connectivity index is 0.000000686. The number of anilines is 1. The molecule has 4 heteroatoms. The van der Waals surface area contributed by atoms with E-state index in [9.17, 15) is 10.1 Å². The first-order valence-electron chi connectivity index (χ1n) is 6.14. The van der Waals surface area contributed by atoms with Gasteiger partial charge in [-0.25, -0.2) is 0 Å². The summed E-state index contributed by atoms with van der Waals surface area (Å²) in [6.45, 7) is 5.80. The van der Waals surface area contributed by atoms with E-state index < -0.39 is 0 Å². The molecule has 94 valence electrons. The van der Waals surface area contributed by atoms with Crippen LogP contribution in [0.5, 0.6) is 0 Å². The number of benzene rings is 1. The van der Waals surface area contributed by atoms with Crippen LogP contribution in [0.2, 0.25) is 0 Å². The van der Waals surface area contributed by atoms with Crippen molar-refractivity contribution in [1.29, 1.82) is 0 Å². The van der Waals surface area contributed by atoms with E-state index in [4.69, 9.17) is 5.73 Å². The molecule has 17 heavy (non-hydrogen) atoms. The largest absolute Gasteiger partial charge is 0.398 e. The van der Waals surface area contributed by atoms with Crippen molar-refractivity contribution in [2.45, 2.75) is 46.0 Å². The first kappa shape index (κ1) is 13.5. The molecule has 2 N–H and O–H groups in total. The summed E-state index contributed by atoms with van der Waals surface area (Å²) >= 11 is 0. The second-order valence-electron chi connectivity index (χ2n) is 4.15. The first-order valence-corrected chi connectivity index (χ1v) is 6.14. The van der Waals surface area contributed by atoms with Crippen LogP contribution in [0.3, 0.4) is 0 Å². The number of hydrogen-bond donors (Lipinski definition) is 1. The highest BCUT2D eigenvalue weighted by molar-refractivity contribution is 5.58. The number of aryl methyl sites for hydroxylation is 1. The van der Waals surface area contributed by atoms with Gasteiger partial charge in [0.2, 0.25) is 0 Å². The average Bonchev–Trinajstić information content (AvgIpc) is 2.23. The Morgan fingerprint density at radius 2 is 1.94 bits per heavy atom. The van der Waals surface area contributed by atoms with Gasteiger partial charge in [0.25, 0.3) is 5.69 Å². The van der Waals surface area contributed by atoms with Crippen LogP contribution in [-0.4, -0.2) is 4.92 Å². The van der Waals surface area contributed by atoms with Crippen LogP contribution in [0.25, 0.3) is 0 Å². The summed E-state index contributed by atoms with van der Waals surface area (Å²) < 4.78 is 0. The molecule has 1 fully saturated rings. The molecule has 4 nitrogen and oxygen atoms in total. The molecule has 0 unspecified atom stereocenters. The molecule has 0 bridgehead atoms. The molecule has 0 aromatic heterocycles. The third kappa shape index (κ3) is 2.75. The summed E-state index contributed by atoms with van der Waals surface area (Å²) in [6, 6.07) is 3.36. The van der Waals surface area contributed by atoms with E-state index in [1.54, 1.807) is 19.1 Å². The third-order valence-electron chi connectivity index (χ3n) is 3.16. The predicted molar refractivity (Wildman–Crippen MR) is 70.2 cm³/mol. The van der Waals surface area contributed by atoms with Gasteiger partial charge in [-0.3, -0.25) is 10.1 Å². The van der Waals surface area contributed by atoms with E-state index in [0.717, 1.165) is 30.4 Å². The Morgan fingerprint density at radius 3 is 2.35 bits per heavy atom. The van der Waals surface area contributed by atoms with Gasteiger partial charge in [0.1, 0.15) is 0 Å². The summed E-state index contributed by atoms with van der Waals surface area (Å²) in [5.41, 5.74) is 8.26. The van der Waals surface area contributed by atoms with E-state index in [1.807, 2.05) is 13.8 Å². The maximum absolute atomic E-state index is 10.9. The van der Waals surface area contributed by atoms with Crippen molar-refractivity contribution in [2.24, 2.45) is 0 Å². The van der Waals surface area contributed by atoms with Crippen LogP contribution < -0.4 is 5.73 Å². The van der Waals surface area contributed by atoms with Crippen LogP contribution in [0.15, 0.2) is 12.1 Å². The Morgan fingerprint density at radius 1 is 1.35 bits per heavy atom. The lowest BCUT2D eigenvalue weighted by molar-refractivity contribution is -0.385. The lowest BCUT2D eigenvalue weighted by Crippen LogP contribution is -2.12. The SMILES string of the molecule is CC.Cc1cc([N+](=O)[O-])c(C2CCC2)cc1N. The molecule has 1 aliphatic rings. The topological polar surface area (TPSA) is 69.2 Å². The fourth-order valence-electron chi connectivity index (χ4n) is 1.93. The Hall–Kier alpha value is -1.58. The van der Waals surface area contributed by atoms with Crippen LogP contribution in [0, 0.1) is 17.0 Å². The molecule has 2 rings (SSSR count). The highest BCUT2D eigenvalue weighted by atomic mass is 16.6. The van der Waals surface area contributed by atoms with Gasteiger partial charge in [0, 0.05) is 17.3 Å². The van der Waals surface area contributed by atoms with Crippen LogP contribution in [0.4, 0.5) is 11.4 Å². The zero-order chi connectivity index (χ0) is 13.0. The second-order valence-corrected chi connectivity index (χ2v) is 4.15. The third-order valence-corrected chi connectivity index (χ3v) is 3.16. The van der Waals surface area contributed by atoms with E-state index >= 15 is 0 Å². The molecule has 1 aromatic rings. The molecule has 1 aromatic carbocycles. The fourth-order valence-corrected chi connectivity index (χ4v) is 1.93.